The van der Waals surface area contributed by atoms with Gasteiger partial charge in [0, 0.05) is 29.9 Å². The number of hydrogen-bond donors (Lipinski definition) is 2. The van der Waals surface area contributed by atoms with Crippen LogP contribution in [0.4, 0.5) is 5.82 Å². The Bertz CT molecular complexity index is 771. The fraction of sp³-hybridized carbons (Fsp3) is 0.333. The highest BCUT2D eigenvalue weighted by molar-refractivity contribution is 6.30. The first-order valence-corrected chi connectivity index (χ1v) is 9.49. The minimum atomic E-state index is -0.0571. The number of halogens is 1. The number of carbonyl (C=O) groups excluding carboxylic acids is 1. The van der Waals surface area contributed by atoms with Gasteiger partial charge in [0.1, 0.15) is 5.82 Å². The molecule has 4 nitrogen and oxygen atoms in total. The summed E-state index contributed by atoms with van der Waals surface area (Å²) < 4.78 is 0. The molecule has 1 aliphatic carbocycles. The van der Waals surface area contributed by atoms with Crippen LogP contribution in [0.2, 0.25) is 5.02 Å². The maximum atomic E-state index is 12.3. The fourth-order valence-corrected chi connectivity index (χ4v) is 3.16. The van der Waals surface area contributed by atoms with E-state index in [1.165, 1.54) is 31.3 Å². The summed E-state index contributed by atoms with van der Waals surface area (Å²) in [5.74, 6) is 0.626. The molecule has 0 fully saturated rings. The third kappa shape index (κ3) is 5.60. The van der Waals surface area contributed by atoms with E-state index in [2.05, 4.69) is 21.7 Å². The standard InChI is InChI=1S/C21H24ClN3O/c22-19-8-6-17(7-9-19)15-25-20-14-18(11-13-23-20)21(26)24-12-10-16-4-2-1-3-5-16/h4,6-9,11,13-14H,1-3,5,10,12,15H2,(H,23,25)(H,24,26). The summed E-state index contributed by atoms with van der Waals surface area (Å²) in [6.45, 7) is 1.31. The third-order valence-corrected chi connectivity index (χ3v) is 4.78. The molecule has 3 rings (SSSR count). The van der Waals surface area contributed by atoms with E-state index in [0.717, 1.165) is 17.0 Å². The Kier molecular flexibility index (Phi) is 6.67. The normalized spacial score (nSPS) is 13.8. The van der Waals surface area contributed by atoms with Gasteiger partial charge < -0.3 is 10.6 Å². The molecular formula is C21H24ClN3O. The van der Waals surface area contributed by atoms with Crippen molar-refractivity contribution in [1.82, 2.24) is 10.3 Å². The summed E-state index contributed by atoms with van der Waals surface area (Å²) in [6.07, 6.45) is 9.83. The summed E-state index contributed by atoms with van der Waals surface area (Å²) in [5.41, 5.74) is 3.19. The minimum absolute atomic E-state index is 0.0571. The van der Waals surface area contributed by atoms with E-state index < -0.39 is 0 Å². The molecule has 1 amide bonds. The van der Waals surface area contributed by atoms with E-state index >= 15 is 0 Å². The lowest BCUT2D eigenvalue weighted by atomic mass is 9.97. The lowest BCUT2D eigenvalue weighted by molar-refractivity contribution is 0.0954. The van der Waals surface area contributed by atoms with Gasteiger partial charge in [-0.1, -0.05) is 35.4 Å². The summed E-state index contributed by atoms with van der Waals surface area (Å²) >= 11 is 5.89. The summed E-state index contributed by atoms with van der Waals surface area (Å²) in [7, 11) is 0. The van der Waals surface area contributed by atoms with Gasteiger partial charge in [-0.15, -0.1) is 0 Å². The number of pyridine rings is 1. The Morgan fingerprint density at radius 3 is 2.77 bits per heavy atom. The molecule has 1 aromatic carbocycles. The maximum Gasteiger partial charge on any atom is 0.251 e. The monoisotopic (exact) mass is 369 g/mol. The van der Waals surface area contributed by atoms with Gasteiger partial charge in [0.15, 0.2) is 0 Å². The first-order chi connectivity index (χ1) is 12.7. The Hall–Kier alpha value is -2.33. The van der Waals surface area contributed by atoms with Crippen molar-refractivity contribution in [1.29, 1.82) is 0 Å². The molecule has 1 heterocycles. The quantitative estimate of drug-likeness (QED) is 0.677. The fourth-order valence-electron chi connectivity index (χ4n) is 3.03. The largest absolute Gasteiger partial charge is 0.366 e. The smallest absolute Gasteiger partial charge is 0.251 e. The van der Waals surface area contributed by atoms with Gasteiger partial charge in [0.25, 0.3) is 5.91 Å². The molecule has 0 saturated carbocycles. The van der Waals surface area contributed by atoms with E-state index in [9.17, 15) is 4.79 Å². The van der Waals surface area contributed by atoms with Gasteiger partial charge in [-0.25, -0.2) is 4.98 Å². The highest BCUT2D eigenvalue weighted by Crippen LogP contribution is 2.19. The molecule has 0 saturated heterocycles. The van der Waals surface area contributed by atoms with Crippen LogP contribution in [0.1, 0.15) is 48.0 Å². The van der Waals surface area contributed by atoms with Crippen molar-refractivity contribution in [3.8, 4) is 0 Å². The zero-order valence-corrected chi connectivity index (χ0v) is 15.6. The number of nitrogens with zero attached hydrogens (tertiary/aromatic N) is 1. The molecule has 0 unspecified atom stereocenters. The van der Waals surface area contributed by atoms with Gasteiger partial charge in [-0.2, -0.15) is 0 Å². The molecular weight excluding hydrogens is 346 g/mol. The van der Waals surface area contributed by atoms with Crippen molar-refractivity contribution in [2.45, 2.75) is 38.6 Å². The molecule has 0 bridgehead atoms. The molecule has 2 N–H and O–H groups in total. The molecule has 0 atom stereocenters. The zero-order valence-electron chi connectivity index (χ0n) is 14.8. The number of nitrogens with one attached hydrogen (secondary N) is 2. The Morgan fingerprint density at radius 2 is 2.00 bits per heavy atom. The first kappa shape index (κ1) is 18.5. The number of carbonyl (C=O) groups is 1. The van der Waals surface area contributed by atoms with Crippen LogP contribution >= 0.6 is 11.6 Å². The number of allylic oxidation sites excluding steroid dienone is 1. The van der Waals surface area contributed by atoms with Gasteiger partial charge in [0.2, 0.25) is 0 Å². The second-order valence-electron chi connectivity index (χ2n) is 6.52. The minimum Gasteiger partial charge on any atom is -0.366 e. The molecule has 26 heavy (non-hydrogen) atoms. The van der Waals surface area contributed by atoms with E-state index in [4.69, 9.17) is 11.6 Å². The van der Waals surface area contributed by atoms with E-state index in [0.29, 0.717) is 24.5 Å². The van der Waals surface area contributed by atoms with Crippen LogP contribution in [0.25, 0.3) is 0 Å². The molecule has 1 aliphatic rings. The van der Waals surface area contributed by atoms with Gasteiger partial charge in [0.05, 0.1) is 0 Å². The van der Waals surface area contributed by atoms with Crippen molar-refractivity contribution >= 4 is 23.3 Å². The van der Waals surface area contributed by atoms with Crippen LogP contribution < -0.4 is 10.6 Å². The molecule has 0 aliphatic heterocycles. The molecule has 0 spiro atoms. The van der Waals surface area contributed by atoms with Crippen LogP contribution in [0.15, 0.2) is 54.2 Å². The second-order valence-corrected chi connectivity index (χ2v) is 6.96. The summed E-state index contributed by atoms with van der Waals surface area (Å²) in [5, 5.41) is 6.96. The number of benzene rings is 1. The highest BCUT2D eigenvalue weighted by atomic mass is 35.5. The Labute approximate surface area is 159 Å². The highest BCUT2D eigenvalue weighted by Gasteiger charge is 2.08. The van der Waals surface area contributed by atoms with Crippen molar-refractivity contribution in [2.75, 3.05) is 11.9 Å². The number of anilines is 1. The zero-order chi connectivity index (χ0) is 18.2. The van der Waals surface area contributed by atoms with Crippen LogP contribution in [-0.4, -0.2) is 17.4 Å². The van der Waals surface area contributed by atoms with Gasteiger partial charge in [-0.05, 0) is 61.9 Å². The Balaban J connectivity index is 1.50. The Morgan fingerprint density at radius 1 is 1.15 bits per heavy atom. The molecule has 1 aromatic heterocycles. The first-order valence-electron chi connectivity index (χ1n) is 9.11. The predicted molar refractivity (Wildman–Crippen MR) is 107 cm³/mol. The van der Waals surface area contributed by atoms with Crippen molar-refractivity contribution < 1.29 is 4.79 Å². The number of amides is 1. The number of rotatable bonds is 7. The van der Waals surface area contributed by atoms with Crippen molar-refractivity contribution in [3.05, 3.63) is 70.4 Å². The average Bonchev–Trinajstić information content (AvgIpc) is 2.68. The molecule has 0 radical (unpaired) electrons. The number of aromatic nitrogens is 1. The van der Waals surface area contributed by atoms with Crippen LogP contribution in [0, 0.1) is 0 Å². The van der Waals surface area contributed by atoms with E-state index in [1.807, 2.05) is 24.3 Å². The van der Waals surface area contributed by atoms with Crippen LogP contribution in [-0.2, 0) is 6.54 Å². The van der Waals surface area contributed by atoms with Crippen molar-refractivity contribution in [3.63, 3.8) is 0 Å². The number of hydrogen-bond acceptors (Lipinski definition) is 3. The van der Waals surface area contributed by atoms with Crippen LogP contribution in [0.3, 0.4) is 0 Å². The van der Waals surface area contributed by atoms with E-state index in [-0.39, 0.29) is 5.91 Å². The van der Waals surface area contributed by atoms with Crippen LogP contribution in [0.5, 0.6) is 0 Å². The second kappa shape index (κ2) is 9.39. The lowest BCUT2D eigenvalue weighted by Crippen LogP contribution is -2.25. The van der Waals surface area contributed by atoms with Gasteiger partial charge in [-0.3, -0.25) is 4.79 Å². The maximum absolute atomic E-state index is 12.3. The molecule has 2 aromatic rings. The van der Waals surface area contributed by atoms with Gasteiger partial charge >= 0.3 is 0 Å². The topological polar surface area (TPSA) is 54.0 Å². The summed E-state index contributed by atoms with van der Waals surface area (Å²) in [6, 6.07) is 11.2. The summed E-state index contributed by atoms with van der Waals surface area (Å²) in [4.78, 5) is 16.6. The molecule has 5 heteroatoms. The van der Waals surface area contributed by atoms with E-state index in [1.54, 1.807) is 18.3 Å². The molecule has 136 valence electrons. The average molecular weight is 370 g/mol. The predicted octanol–water partition coefficient (Wildman–Crippen LogP) is 4.97. The lowest BCUT2D eigenvalue weighted by Gasteiger charge is -2.13. The third-order valence-electron chi connectivity index (χ3n) is 4.53. The van der Waals surface area contributed by atoms with Crippen molar-refractivity contribution in [2.24, 2.45) is 0 Å². The SMILES string of the molecule is O=C(NCCC1=CCCCC1)c1ccnc(NCc2ccc(Cl)cc2)c1.